The van der Waals surface area contributed by atoms with Crippen LogP contribution >= 0.6 is 11.3 Å². The van der Waals surface area contributed by atoms with Gasteiger partial charge in [-0.25, -0.2) is 0 Å². The molecule has 3 heteroatoms. The van der Waals surface area contributed by atoms with Crippen LogP contribution in [0.25, 0.3) is 0 Å². The SMILES string of the molecule is CCNC(c1ccoc1C)c1cc(C)sc1C. The predicted octanol–water partition coefficient (Wildman–Crippen LogP) is 3.97. The maximum atomic E-state index is 5.42. The van der Waals surface area contributed by atoms with Crippen molar-refractivity contribution in [2.75, 3.05) is 6.54 Å². The predicted molar refractivity (Wildman–Crippen MR) is 72.8 cm³/mol. The van der Waals surface area contributed by atoms with Crippen molar-refractivity contribution in [3.63, 3.8) is 0 Å². The second kappa shape index (κ2) is 5.07. The number of hydrogen-bond donors (Lipinski definition) is 1. The Balaban J connectivity index is 2.42. The van der Waals surface area contributed by atoms with Crippen molar-refractivity contribution in [2.45, 2.75) is 33.7 Å². The van der Waals surface area contributed by atoms with Crippen LogP contribution < -0.4 is 5.32 Å². The van der Waals surface area contributed by atoms with E-state index in [2.05, 4.69) is 38.2 Å². The van der Waals surface area contributed by atoms with Crippen LogP contribution in [0.2, 0.25) is 0 Å². The second-order valence-electron chi connectivity index (χ2n) is 4.29. The first kappa shape index (κ1) is 12.4. The molecule has 2 aromatic rings. The smallest absolute Gasteiger partial charge is 0.105 e. The van der Waals surface area contributed by atoms with Crippen LogP contribution in [0.1, 0.15) is 39.6 Å². The summed E-state index contributed by atoms with van der Waals surface area (Å²) in [5.74, 6) is 0.999. The normalized spacial score (nSPS) is 12.9. The third-order valence-electron chi connectivity index (χ3n) is 3.01. The molecule has 17 heavy (non-hydrogen) atoms. The van der Waals surface area contributed by atoms with Gasteiger partial charge in [-0.3, -0.25) is 0 Å². The fourth-order valence-electron chi connectivity index (χ4n) is 2.22. The lowest BCUT2D eigenvalue weighted by atomic mass is 9.99. The van der Waals surface area contributed by atoms with E-state index in [4.69, 9.17) is 4.42 Å². The molecule has 2 aromatic heterocycles. The molecule has 0 aliphatic carbocycles. The highest BCUT2D eigenvalue weighted by Gasteiger charge is 2.20. The van der Waals surface area contributed by atoms with Gasteiger partial charge in [0.1, 0.15) is 5.76 Å². The minimum Gasteiger partial charge on any atom is -0.469 e. The molecule has 0 radical (unpaired) electrons. The minimum atomic E-state index is 0.253. The van der Waals surface area contributed by atoms with Crippen LogP contribution in [0.15, 0.2) is 22.8 Å². The highest BCUT2D eigenvalue weighted by molar-refractivity contribution is 7.12. The van der Waals surface area contributed by atoms with E-state index in [0.717, 1.165) is 12.3 Å². The van der Waals surface area contributed by atoms with Gasteiger partial charge in [0.05, 0.1) is 12.3 Å². The lowest BCUT2D eigenvalue weighted by molar-refractivity contribution is 0.520. The summed E-state index contributed by atoms with van der Waals surface area (Å²) in [7, 11) is 0. The number of furan rings is 1. The monoisotopic (exact) mass is 249 g/mol. The van der Waals surface area contributed by atoms with Gasteiger partial charge in [0.15, 0.2) is 0 Å². The van der Waals surface area contributed by atoms with Gasteiger partial charge in [0.2, 0.25) is 0 Å². The molecule has 0 bridgehead atoms. The van der Waals surface area contributed by atoms with Crippen molar-refractivity contribution in [3.8, 4) is 0 Å². The fraction of sp³-hybridized carbons (Fsp3) is 0.429. The van der Waals surface area contributed by atoms with Crippen molar-refractivity contribution >= 4 is 11.3 Å². The summed E-state index contributed by atoms with van der Waals surface area (Å²) in [6.07, 6.45) is 1.77. The molecule has 1 atom stereocenters. The summed E-state index contributed by atoms with van der Waals surface area (Å²) in [4.78, 5) is 2.75. The van der Waals surface area contributed by atoms with Gasteiger partial charge in [-0.15, -0.1) is 11.3 Å². The molecule has 0 saturated heterocycles. The summed E-state index contributed by atoms with van der Waals surface area (Å²) < 4.78 is 5.42. The highest BCUT2D eigenvalue weighted by atomic mass is 32.1. The highest BCUT2D eigenvalue weighted by Crippen LogP contribution is 2.32. The molecular formula is C14H19NOS. The van der Waals surface area contributed by atoms with Gasteiger partial charge >= 0.3 is 0 Å². The Morgan fingerprint density at radius 3 is 2.53 bits per heavy atom. The van der Waals surface area contributed by atoms with E-state index in [9.17, 15) is 0 Å². The van der Waals surface area contributed by atoms with Crippen molar-refractivity contribution in [3.05, 3.63) is 45.0 Å². The van der Waals surface area contributed by atoms with Gasteiger partial charge in [-0.1, -0.05) is 6.92 Å². The van der Waals surface area contributed by atoms with E-state index >= 15 is 0 Å². The Kier molecular flexibility index (Phi) is 3.69. The van der Waals surface area contributed by atoms with E-state index in [1.165, 1.54) is 20.9 Å². The third kappa shape index (κ3) is 2.45. The number of thiophene rings is 1. The Morgan fingerprint density at radius 2 is 2.06 bits per heavy atom. The van der Waals surface area contributed by atoms with Gasteiger partial charge in [0, 0.05) is 15.3 Å². The molecule has 0 spiro atoms. The second-order valence-corrected chi connectivity index (χ2v) is 5.75. The van der Waals surface area contributed by atoms with E-state index < -0.39 is 0 Å². The number of nitrogens with one attached hydrogen (secondary N) is 1. The molecule has 0 saturated carbocycles. The van der Waals surface area contributed by atoms with Crippen LogP contribution in [-0.2, 0) is 0 Å². The molecule has 1 unspecified atom stereocenters. The Morgan fingerprint density at radius 1 is 1.29 bits per heavy atom. The van der Waals surface area contributed by atoms with E-state index in [0.29, 0.717) is 0 Å². The average Bonchev–Trinajstić information content (AvgIpc) is 2.82. The zero-order chi connectivity index (χ0) is 12.4. The molecule has 2 heterocycles. The molecule has 0 aliphatic heterocycles. The standard InChI is InChI=1S/C14H19NOS/c1-5-15-14(12-6-7-16-10(12)3)13-8-9(2)17-11(13)4/h6-8,14-15H,5H2,1-4H3. The van der Waals surface area contributed by atoms with Gasteiger partial charge in [0.25, 0.3) is 0 Å². The van der Waals surface area contributed by atoms with Crippen LogP contribution in [0, 0.1) is 20.8 Å². The molecule has 0 aliphatic rings. The van der Waals surface area contributed by atoms with Crippen LogP contribution in [0.3, 0.4) is 0 Å². The third-order valence-corrected chi connectivity index (χ3v) is 3.99. The Bertz CT molecular complexity index is 498. The summed E-state index contributed by atoms with van der Waals surface area (Å²) in [5, 5.41) is 3.54. The maximum Gasteiger partial charge on any atom is 0.105 e. The van der Waals surface area contributed by atoms with Crippen molar-refractivity contribution < 1.29 is 4.42 Å². The summed E-state index contributed by atoms with van der Waals surface area (Å²) >= 11 is 1.86. The molecule has 0 fully saturated rings. The van der Waals surface area contributed by atoms with E-state index in [1.54, 1.807) is 6.26 Å². The minimum absolute atomic E-state index is 0.253. The zero-order valence-corrected chi connectivity index (χ0v) is 11.6. The largest absolute Gasteiger partial charge is 0.469 e. The number of rotatable bonds is 4. The van der Waals surface area contributed by atoms with Crippen molar-refractivity contribution in [1.29, 1.82) is 0 Å². The van der Waals surface area contributed by atoms with Crippen LogP contribution in [-0.4, -0.2) is 6.54 Å². The lowest BCUT2D eigenvalue weighted by Gasteiger charge is -2.17. The maximum absolute atomic E-state index is 5.42. The van der Waals surface area contributed by atoms with Gasteiger partial charge < -0.3 is 9.73 Å². The first-order valence-corrected chi connectivity index (χ1v) is 6.79. The summed E-state index contributed by atoms with van der Waals surface area (Å²) in [6.45, 7) is 9.45. The van der Waals surface area contributed by atoms with E-state index in [-0.39, 0.29) is 6.04 Å². The molecule has 2 rings (SSSR count). The molecule has 0 amide bonds. The topological polar surface area (TPSA) is 25.2 Å². The number of hydrogen-bond acceptors (Lipinski definition) is 3. The first-order chi connectivity index (χ1) is 8.13. The molecular weight excluding hydrogens is 230 g/mol. The first-order valence-electron chi connectivity index (χ1n) is 5.97. The van der Waals surface area contributed by atoms with Gasteiger partial charge in [-0.2, -0.15) is 0 Å². The lowest BCUT2D eigenvalue weighted by Crippen LogP contribution is -2.22. The van der Waals surface area contributed by atoms with Crippen molar-refractivity contribution in [1.82, 2.24) is 5.32 Å². The zero-order valence-electron chi connectivity index (χ0n) is 10.8. The van der Waals surface area contributed by atoms with Gasteiger partial charge in [-0.05, 0) is 45.0 Å². The molecule has 2 nitrogen and oxygen atoms in total. The molecule has 0 aromatic carbocycles. The van der Waals surface area contributed by atoms with Crippen molar-refractivity contribution in [2.24, 2.45) is 0 Å². The molecule has 92 valence electrons. The average molecular weight is 249 g/mol. The van der Waals surface area contributed by atoms with E-state index in [1.807, 2.05) is 18.3 Å². The Hall–Kier alpha value is -1.06. The summed E-state index contributed by atoms with van der Waals surface area (Å²) in [6, 6.07) is 4.60. The quantitative estimate of drug-likeness (QED) is 0.887. The van der Waals surface area contributed by atoms with Crippen LogP contribution in [0.5, 0.6) is 0 Å². The van der Waals surface area contributed by atoms with Crippen LogP contribution in [0.4, 0.5) is 0 Å². The number of aryl methyl sites for hydroxylation is 3. The summed E-state index contributed by atoms with van der Waals surface area (Å²) in [5.41, 5.74) is 2.62. The molecule has 1 N–H and O–H groups in total. The Labute approximate surface area is 107 Å². The fourth-order valence-corrected chi connectivity index (χ4v) is 3.19.